The minimum atomic E-state index is -1.93. The van der Waals surface area contributed by atoms with Gasteiger partial charge in [-0.1, -0.05) is 63.7 Å². The highest BCUT2D eigenvalue weighted by Crippen LogP contribution is 2.42. The number of hydrogen-bond acceptors (Lipinski definition) is 3. The van der Waals surface area contributed by atoms with Crippen molar-refractivity contribution in [2.24, 2.45) is 5.73 Å². The van der Waals surface area contributed by atoms with Crippen molar-refractivity contribution in [1.29, 1.82) is 0 Å². The maximum atomic E-state index is 11.5. The lowest BCUT2D eigenvalue weighted by molar-refractivity contribution is 0.0999. The van der Waals surface area contributed by atoms with Gasteiger partial charge in [0, 0.05) is 10.6 Å². The molecule has 1 heterocycles. The topological polar surface area (TPSA) is 69.1 Å². The van der Waals surface area contributed by atoms with Crippen LogP contribution in [0.15, 0.2) is 28.8 Å². The van der Waals surface area contributed by atoms with Gasteiger partial charge in [-0.2, -0.15) is 0 Å². The molecule has 0 bridgehead atoms. The van der Waals surface area contributed by atoms with Crippen LogP contribution < -0.4 is 5.73 Å². The van der Waals surface area contributed by atoms with Gasteiger partial charge in [0.05, 0.1) is 0 Å². The lowest BCUT2D eigenvalue weighted by Gasteiger charge is -2.07. The van der Waals surface area contributed by atoms with Gasteiger partial charge in [0.2, 0.25) is 5.76 Å². The van der Waals surface area contributed by atoms with E-state index >= 15 is 0 Å². The summed E-state index contributed by atoms with van der Waals surface area (Å²) in [6.07, 6.45) is 0. The third kappa shape index (κ3) is 2.98. The zero-order valence-corrected chi connectivity index (χ0v) is 12.2. The molecule has 2 rings (SSSR count). The van der Waals surface area contributed by atoms with Gasteiger partial charge in [-0.25, -0.2) is 0 Å². The molecule has 0 fully saturated rings. The van der Waals surface area contributed by atoms with Crippen molar-refractivity contribution in [2.45, 2.75) is 3.79 Å². The Morgan fingerprint density at radius 1 is 1.21 bits per heavy atom. The molecule has 0 aliphatic rings. The highest BCUT2D eigenvalue weighted by atomic mass is 35.6. The third-order valence-electron chi connectivity index (χ3n) is 2.31. The van der Waals surface area contributed by atoms with Crippen molar-refractivity contribution >= 4 is 52.3 Å². The van der Waals surface area contributed by atoms with Crippen LogP contribution in [0.2, 0.25) is 5.02 Å². The molecule has 2 aromatic rings. The van der Waals surface area contributed by atoms with E-state index in [0.29, 0.717) is 10.6 Å². The highest BCUT2D eigenvalue weighted by molar-refractivity contribution is 6.66. The maximum absolute atomic E-state index is 11.5. The molecule has 0 unspecified atom stereocenters. The molecule has 0 atom stereocenters. The quantitative estimate of drug-likeness (QED) is 0.843. The fourth-order valence-electron chi connectivity index (χ4n) is 1.52. The number of hydrogen-bond donors (Lipinski definition) is 1. The average Bonchev–Trinajstić information content (AvgIpc) is 2.74. The number of primary amides is 1. The number of rotatable bonds is 2. The smallest absolute Gasteiger partial charge is 0.254 e. The van der Waals surface area contributed by atoms with Gasteiger partial charge in [-0.3, -0.25) is 4.79 Å². The predicted molar refractivity (Wildman–Crippen MR) is 74.7 cm³/mol. The molecule has 0 saturated carbocycles. The third-order valence-corrected chi connectivity index (χ3v) is 3.08. The zero-order chi connectivity index (χ0) is 14.2. The number of alkyl halides is 3. The van der Waals surface area contributed by atoms with Crippen LogP contribution in [0, 0.1) is 0 Å². The second kappa shape index (κ2) is 5.21. The van der Waals surface area contributed by atoms with Crippen LogP contribution >= 0.6 is 46.4 Å². The number of nitrogens with two attached hydrogens (primary N) is 1. The molecule has 2 N–H and O–H groups in total. The van der Waals surface area contributed by atoms with Crippen molar-refractivity contribution in [3.8, 4) is 11.3 Å². The van der Waals surface area contributed by atoms with E-state index in [1.54, 1.807) is 24.3 Å². The number of halogens is 4. The molecule has 8 heteroatoms. The van der Waals surface area contributed by atoms with Crippen LogP contribution in [0.5, 0.6) is 0 Å². The molecule has 19 heavy (non-hydrogen) atoms. The molecular weight excluding hydrogens is 334 g/mol. The molecule has 0 saturated heterocycles. The Labute approximate surface area is 128 Å². The first-order chi connectivity index (χ1) is 8.80. The second-order valence-electron chi connectivity index (χ2n) is 3.60. The highest BCUT2D eigenvalue weighted by Gasteiger charge is 2.36. The summed E-state index contributed by atoms with van der Waals surface area (Å²) in [5.74, 6) is -1.01. The Bertz CT molecular complexity index is 617. The summed E-state index contributed by atoms with van der Waals surface area (Å²) in [4.78, 5) is 11.5. The molecule has 0 spiro atoms. The molecule has 1 aromatic heterocycles. The van der Waals surface area contributed by atoms with Crippen LogP contribution in [0.3, 0.4) is 0 Å². The van der Waals surface area contributed by atoms with Crippen molar-refractivity contribution in [3.63, 3.8) is 0 Å². The maximum Gasteiger partial charge on any atom is 0.254 e. The van der Waals surface area contributed by atoms with Gasteiger partial charge >= 0.3 is 0 Å². The van der Waals surface area contributed by atoms with Crippen LogP contribution in [0.1, 0.15) is 16.1 Å². The number of carbonyl (C=O) groups is 1. The summed E-state index contributed by atoms with van der Waals surface area (Å²) in [5.41, 5.74) is 5.99. The van der Waals surface area contributed by atoms with Gasteiger partial charge < -0.3 is 10.3 Å². The van der Waals surface area contributed by atoms with Gasteiger partial charge in [0.25, 0.3) is 9.70 Å². The van der Waals surface area contributed by atoms with E-state index in [4.69, 9.17) is 56.7 Å². The van der Waals surface area contributed by atoms with Crippen LogP contribution in [0.4, 0.5) is 0 Å². The first-order valence-electron chi connectivity index (χ1n) is 4.93. The van der Waals surface area contributed by atoms with Crippen molar-refractivity contribution < 1.29 is 9.32 Å². The fourth-order valence-corrected chi connectivity index (χ4v) is 2.03. The number of benzene rings is 1. The van der Waals surface area contributed by atoms with Crippen LogP contribution in [0.25, 0.3) is 11.3 Å². The van der Waals surface area contributed by atoms with E-state index in [-0.39, 0.29) is 17.0 Å². The Kier molecular flexibility index (Phi) is 3.97. The Morgan fingerprint density at radius 2 is 1.79 bits per heavy atom. The molecule has 0 radical (unpaired) electrons. The van der Waals surface area contributed by atoms with Gasteiger partial charge in [-0.15, -0.1) is 0 Å². The number of carbonyl (C=O) groups excluding carboxylic acids is 1. The second-order valence-corrected chi connectivity index (χ2v) is 6.32. The first-order valence-corrected chi connectivity index (χ1v) is 6.44. The predicted octanol–water partition coefficient (Wildman–Crippen LogP) is 3.92. The summed E-state index contributed by atoms with van der Waals surface area (Å²) in [6, 6.07) is 6.56. The zero-order valence-electron chi connectivity index (χ0n) is 9.16. The lowest BCUT2D eigenvalue weighted by atomic mass is 10.1. The standard InChI is InChI=1S/C11H6Cl4N2O2/c12-6-3-1-5(2-4-6)8-7(10(16)18)9(19-17-8)11(13,14)15/h1-4H,(H2,16,18). The summed E-state index contributed by atoms with van der Waals surface area (Å²) < 4.78 is 3.00. The molecule has 100 valence electrons. The van der Waals surface area contributed by atoms with E-state index in [1.807, 2.05) is 0 Å². The molecule has 0 aliphatic carbocycles. The number of aromatic nitrogens is 1. The van der Waals surface area contributed by atoms with Gasteiger partial charge in [0.1, 0.15) is 11.3 Å². The van der Waals surface area contributed by atoms with E-state index in [0.717, 1.165) is 0 Å². The van der Waals surface area contributed by atoms with Crippen molar-refractivity contribution in [3.05, 3.63) is 40.6 Å². The fraction of sp³-hybridized carbons (Fsp3) is 0.0909. The monoisotopic (exact) mass is 338 g/mol. The average molecular weight is 340 g/mol. The molecule has 4 nitrogen and oxygen atoms in total. The van der Waals surface area contributed by atoms with Gasteiger partial charge in [-0.05, 0) is 12.1 Å². The summed E-state index contributed by atoms with van der Waals surface area (Å²) in [5, 5.41) is 4.27. The largest absolute Gasteiger partial charge is 0.365 e. The van der Waals surface area contributed by atoms with Crippen LogP contribution in [-0.2, 0) is 3.79 Å². The lowest BCUT2D eigenvalue weighted by Crippen LogP contribution is -2.16. The number of amides is 1. The van der Waals surface area contributed by atoms with Crippen LogP contribution in [-0.4, -0.2) is 11.1 Å². The molecular formula is C11H6Cl4N2O2. The Morgan fingerprint density at radius 3 is 2.26 bits per heavy atom. The summed E-state index contributed by atoms with van der Waals surface area (Å²) in [7, 11) is 0. The van der Waals surface area contributed by atoms with E-state index in [1.165, 1.54) is 0 Å². The van der Waals surface area contributed by atoms with E-state index in [9.17, 15) is 4.79 Å². The normalized spacial score (nSPS) is 11.6. The Balaban J connectivity index is 2.62. The minimum absolute atomic E-state index is 0.0673. The first kappa shape index (κ1) is 14.5. The van der Waals surface area contributed by atoms with E-state index < -0.39 is 9.70 Å². The number of nitrogens with zero attached hydrogens (tertiary/aromatic N) is 1. The summed E-state index contributed by atoms with van der Waals surface area (Å²) >= 11 is 22.9. The Hall–Kier alpha value is -0.940. The molecule has 1 aromatic carbocycles. The molecule has 0 aliphatic heterocycles. The van der Waals surface area contributed by atoms with Gasteiger partial charge in [0.15, 0.2) is 0 Å². The van der Waals surface area contributed by atoms with Crippen molar-refractivity contribution in [2.75, 3.05) is 0 Å². The minimum Gasteiger partial charge on any atom is -0.365 e. The molecule has 1 amide bonds. The SMILES string of the molecule is NC(=O)c1c(-c2ccc(Cl)cc2)noc1C(Cl)(Cl)Cl. The summed E-state index contributed by atoms with van der Waals surface area (Å²) in [6.45, 7) is 0. The van der Waals surface area contributed by atoms with E-state index in [2.05, 4.69) is 5.16 Å². The van der Waals surface area contributed by atoms with Crippen molar-refractivity contribution in [1.82, 2.24) is 5.16 Å².